The van der Waals surface area contributed by atoms with E-state index >= 15 is 4.39 Å². The second-order valence-corrected chi connectivity index (χ2v) is 9.84. The van der Waals surface area contributed by atoms with Crippen LogP contribution in [0.4, 0.5) is 17.6 Å². The molecule has 3 aromatic carbocycles. The van der Waals surface area contributed by atoms with E-state index in [1.807, 2.05) is 4.57 Å². The molecular weight excluding hydrogens is 582 g/mol. The zero-order valence-electron chi connectivity index (χ0n) is 23.7. The molecule has 0 spiro atoms. The molecule has 0 amide bonds. The fourth-order valence-electron chi connectivity index (χ4n) is 4.77. The maximum Gasteiger partial charge on any atom is 0.416 e. The molecule has 0 aliphatic rings. The number of methoxy groups -OCH3 is 2. The molecule has 44 heavy (non-hydrogen) atoms. The van der Waals surface area contributed by atoms with Gasteiger partial charge in [-0.25, -0.2) is 19.2 Å². The number of aromatic carboxylic acids is 1. The van der Waals surface area contributed by atoms with Crippen LogP contribution in [0.15, 0.2) is 72.8 Å². The number of carboxylic acid groups (broad SMARTS) is 1. The summed E-state index contributed by atoms with van der Waals surface area (Å²) in [6.07, 6.45) is -4.38. The minimum absolute atomic E-state index is 0.117. The molecule has 1 N–H and O–H groups in total. The Morgan fingerprint density at radius 3 is 2.48 bits per heavy atom. The normalized spacial score (nSPS) is 11.6. The second-order valence-electron chi connectivity index (χ2n) is 9.84. The molecule has 8 nitrogen and oxygen atoms in total. The van der Waals surface area contributed by atoms with E-state index in [1.54, 1.807) is 43.5 Å². The molecule has 5 aromatic rings. The van der Waals surface area contributed by atoms with Crippen LogP contribution < -0.4 is 9.47 Å². The first-order chi connectivity index (χ1) is 21.1. The number of benzene rings is 3. The van der Waals surface area contributed by atoms with Crippen molar-refractivity contribution in [3.63, 3.8) is 0 Å². The van der Waals surface area contributed by atoms with E-state index in [9.17, 15) is 23.1 Å². The van der Waals surface area contributed by atoms with Gasteiger partial charge in [0.2, 0.25) is 5.88 Å². The average Bonchev–Trinajstić information content (AvgIpc) is 3.35. The van der Waals surface area contributed by atoms with Gasteiger partial charge >= 0.3 is 12.1 Å². The number of imidazole rings is 1. The van der Waals surface area contributed by atoms with Gasteiger partial charge in [0.05, 0.1) is 41.6 Å². The SMILES string of the molecule is COCCn1c(Cc2ccc(-c3cccc(OCc4cc(C(F)(F)F)ccc4OC)n3)cc2F)nc2ccc(C(=O)O)cc21. The van der Waals surface area contributed by atoms with E-state index in [1.165, 1.54) is 31.4 Å². The van der Waals surface area contributed by atoms with Crippen LogP contribution in [0.1, 0.15) is 32.9 Å². The summed E-state index contributed by atoms with van der Waals surface area (Å²) >= 11 is 0. The summed E-state index contributed by atoms with van der Waals surface area (Å²) in [4.78, 5) is 20.5. The summed E-state index contributed by atoms with van der Waals surface area (Å²) in [6, 6.07) is 17.3. The molecule has 2 aromatic heterocycles. The fourth-order valence-corrected chi connectivity index (χ4v) is 4.77. The Bertz CT molecular complexity index is 1820. The van der Waals surface area contributed by atoms with Crippen LogP contribution in [0.2, 0.25) is 0 Å². The lowest BCUT2D eigenvalue weighted by molar-refractivity contribution is -0.137. The van der Waals surface area contributed by atoms with Crippen LogP contribution in [-0.2, 0) is 30.5 Å². The Balaban J connectivity index is 1.37. The lowest BCUT2D eigenvalue weighted by atomic mass is 10.1. The number of hydrogen-bond donors (Lipinski definition) is 1. The van der Waals surface area contributed by atoms with Gasteiger partial charge in [-0.2, -0.15) is 13.2 Å². The van der Waals surface area contributed by atoms with Crippen molar-refractivity contribution in [3.05, 3.63) is 107 Å². The number of carbonyl (C=O) groups is 1. The highest BCUT2D eigenvalue weighted by Crippen LogP contribution is 2.33. The van der Waals surface area contributed by atoms with Crippen molar-refractivity contribution in [1.82, 2.24) is 14.5 Å². The van der Waals surface area contributed by atoms with Gasteiger partial charge in [-0.05, 0) is 54.1 Å². The monoisotopic (exact) mass is 609 g/mol. The summed E-state index contributed by atoms with van der Waals surface area (Å²) in [7, 11) is 2.91. The number of aromatic nitrogens is 3. The molecule has 228 valence electrons. The van der Waals surface area contributed by atoms with Crippen molar-refractivity contribution < 1.29 is 41.7 Å². The first kappa shape index (κ1) is 30.5. The molecule has 0 saturated carbocycles. The fraction of sp³-hybridized carbons (Fsp3) is 0.219. The Hall–Kier alpha value is -4.97. The lowest BCUT2D eigenvalue weighted by Gasteiger charge is -2.14. The van der Waals surface area contributed by atoms with Gasteiger partial charge in [0, 0.05) is 37.3 Å². The number of ether oxygens (including phenoxy) is 3. The van der Waals surface area contributed by atoms with Crippen molar-refractivity contribution >= 4 is 17.0 Å². The van der Waals surface area contributed by atoms with Crippen LogP contribution in [0.25, 0.3) is 22.3 Å². The molecule has 0 aliphatic heterocycles. The molecule has 0 saturated heterocycles. The molecule has 5 rings (SSSR count). The third kappa shape index (κ3) is 6.65. The van der Waals surface area contributed by atoms with Gasteiger partial charge < -0.3 is 23.9 Å². The van der Waals surface area contributed by atoms with Gasteiger partial charge in [-0.1, -0.05) is 18.2 Å². The second kappa shape index (κ2) is 12.7. The van der Waals surface area contributed by atoms with Gasteiger partial charge in [0.15, 0.2) is 0 Å². The van der Waals surface area contributed by atoms with Crippen LogP contribution >= 0.6 is 0 Å². The Morgan fingerprint density at radius 2 is 1.77 bits per heavy atom. The van der Waals surface area contributed by atoms with Gasteiger partial charge in [-0.15, -0.1) is 0 Å². The number of hydrogen-bond acceptors (Lipinski definition) is 6. The van der Waals surface area contributed by atoms with Crippen molar-refractivity contribution in [2.75, 3.05) is 20.8 Å². The van der Waals surface area contributed by atoms with E-state index in [-0.39, 0.29) is 35.8 Å². The highest BCUT2D eigenvalue weighted by Gasteiger charge is 2.31. The van der Waals surface area contributed by atoms with Crippen molar-refractivity contribution in [1.29, 1.82) is 0 Å². The average molecular weight is 610 g/mol. The Morgan fingerprint density at radius 1 is 0.955 bits per heavy atom. The first-order valence-corrected chi connectivity index (χ1v) is 13.4. The lowest BCUT2D eigenvalue weighted by Crippen LogP contribution is -2.10. The number of nitrogens with zero attached hydrogens (tertiary/aromatic N) is 3. The predicted molar refractivity (Wildman–Crippen MR) is 153 cm³/mol. The molecular formula is C32H27F4N3O5. The van der Waals surface area contributed by atoms with Gasteiger partial charge in [0.25, 0.3) is 0 Å². The smallest absolute Gasteiger partial charge is 0.416 e. The van der Waals surface area contributed by atoms with E-state index < -0.39 is 23.5 Å². The third-order valence-corrected chi connectivity index (χ3v) is 7.00. The first-order valence-electron chi connectivity index (χ1n) is 13.4. The molecule has 0 aliphatic carbocycles. The number of rotatable bonds is 11. The van der Waals surface area contributed by atoms with E-state index in [4.69, 9.17) is 14.2 Å². The minimum Gasteiger partial charge on any atom is -0.496 e. The minimum atomic E-state index is -4.52. The maximum atomic E-state index is 15.4. The predicted octanol–water partition coefficient (Wildman–Crippen LogP) is 6.78. The van der Waals surface area contributed by atoms with Gasteiger partial charge in [-0.3, -0.25) is 0 Å². The van der Waals surface area contributed by atoms with E-state index in [2.05, 4.69) is 9.97 Å². The molecule has 0 bridgehead atoms. The van der Waals surface area contributed by atoms with E-state index in [0.717, 1.165) is 12.1 Å². The number of alkyl halides is 3. The zero-order valence-corrected chi connectivity index (χ0v) is 23.7. The van der Waals surface area contributed by atoms with E-state index in [0.29, 0.717) is 46.8 Å². The highest BCUT2D eigenvalue weighted by atomic mass is 19.4. The van der Waals surface area contributed by atoms with Crippen LogP contribution in [0, 0.1) is 5.82 Å². The quantitative estimate of drug-likeness (QED) is 0.165. The maximum absolute atomic E-state index is 15.4. The van der Waals surface area contributed by atoms with Crippen molar-refractivity contribution in [3.8, 4) is 22.9 Å². The largest absolute Gasteiger partial charge is 0.496 e. The Kier molecular flexibility index (Phi) is 8.81. The highest BCUT2D eigenvalue weighted by molar-refractivity contribution is 5.92. The number of fused-ring (bicyclic) bond motifs is 1. The molecule has 0 unspecified atom stereocenters. The molecule has 0 radical (unpaired) electrons. The molecule has 2 heterocycles. The van der Waals surface area contributed by atoms with Crippen LogP contribution in [0.5, 0.6) is 11.6 Å². The summed E-state index contributed by atoms with van der Waals surface area (Å²) < 4.78 is 72.9. The van der Waals surface area contributed by atoms with Crippen LogP contribution in [0.3, 0.4) is 0 Å². The zero-order chi connectivity index (χ0) is 31.4. The standard InChI is InChI=1S/C32H27F4N3O5/c1-42-13-12-39-27-16-21(31(40)41)8-10-26(27)37-29(39)17-19-6-7-20(15-24(19)33)25-4-3-5-30(38-25)44-18-22-14-23(32(34,35)36)9-11-28(22)43-2/h3-11,14-16H,12-13,17-18H2,1-2H3,(H,40,41). The van der Waals surface area contributed by atoms with Crippen molar-refractivity contribution in [2.45, 2.75) is 25.7 Å². The molecule has 12 heteroatoms. The number of halogens is 4. The van der Waals surface area contributed by atoms with Crippen LogP contribution in [-0.4, -0.2) is 46.4 Å². The van der Waals surface area contributed by atoms with Crippen molar-refractivity contribution in [2.24, 2.45) is 0 Å². The summed E-state index contributed by atoms with van der Waals surface area (Å²) in [5.41, 5.74) is 1.91. The summed E-state index contributed by atoms with van der Waals surface area (Å²) in [5, 5.41) is 9.41. The third-order valence-electron chi connectivity index (χ3n) is 7.00. The summed E-state index contributed by atoms with van der Waals surface area (Å²) in [5.74, 6) is -0.636. The Labute approximate surface area is 249 Å². The van der Waals surface area contributed by atoms with Gasteiger partial charge in [0.1, 0.15) is 24.0 Å². The number of carboxylic acids is 1. The topological polar surface area (TPSA) is 95.7 Å². The molecule has 0 fully saturated rings. The summed E-state index contributed by atoms with van der Waals surface area (Å²) in [6.45, 7) is 0.519. The number of pyridine rings is 1. The molecule has 0 atom stereocenters.